The van der Waals surface area contributed by atoms with Crippen LogP contribution in [0.2, 0.25) is 0 Å². The van der Waals surface area contributed by atoms with E-state index >= 15 is 0 Å². The highest BCUT2D eigenvalue weighted by atomic mass is 32.3. The first-order valence-electron chi connectivity index (χ1n) is 9.82. The number of benzene rings is 2. The fourth-order valence-corrected chi connectivity index (χ4v) is 4.96. The van der Waals surface area contributed by atoms with E-state index in [2.05, 4.69) is 25.2 Å². The van der Waals surface area contributed by atoms with Crippen LogP contribution in [0.5, 0.6) is 0 Å². The number of aromatic amines is 1. The summed E-state index contributed by atoms with van der Waals surface area (Å²) >= 11 is 0. The first-order valence-corrected chi connectivity index (χ1v) is 11.9. The molecular formula is C22H23N5O3S. The Hall–Kier alpha value is -3.46. The Labute approximate surface area is 181 Å². The number of amides is 2. The van der Waals surface area contributed by atoms with Gasteiger partial charge in [0.05, 0.1) is 21.9 Å². The molecule has 4 rings (SSSR count). The maximum atomic E-state index is 12.9. The zero-order valence-corrected chi connectivity index (χ0v) is 18.2. The Morgan fingerprint density at radius 2 is 1.84 bits per heavy atom. The molecule has 0 aliphatic carbocycles. The van der Waals surface area contributed by atoms with Gasteiger partial charge >= 0.3 is 0 Å². The molecule has 2 aromatic carbocycles. The summed E-state index contributed by atoms with van der Waals surface area (Å²) in [5.74, 6) is -0.319. The monoisotopic (exact) mass is 437 g/mol. The summed E-state index contributed by atoms with van der Waals surface area (Å²) < 4.78 is 3.03. The minimum atomic E-state index is -1.88. The molecule has 160 valence electrons. The highest BCUT2D eigenvalue weighted by molar-refractivity contribution is 8.43. The number of rotatable bonds is 7. The Bertz CT molecular complexity index is 1200. The van der Waals surface area contributed by atoms with E-state index in [1.807, 2.05) is 44.2 Å². The van der Waals surface area contributed by atoms with Crippen LogP contribution in [0, 0.1) is 10.8 Å². The van der Waals surface area contributed by atoms with Gasteiger partial charge in [0.2, 0.25) is 11.9 Å². The van der Waals surface area contributed by atoms with Crippen molar-refractivity contribution < 1.29 is 9.59 Å². The highest BCUT2D eigenvalue weighted by Gasteiger charge is 2.41. The van der Waals surface area contributed by atoms with Crippen molar-refractivity contribution in [3.8, 4) is 0 Å². The van der Waals surface area contributed by atoms with Crippen LogP contribution >= 0.6 is 10.2 Å². The Morgan fingerprint density at radius 1 is 1.10 bits per heavy atom. The predicted octanol–water partition coefficient (Wildman–Crippen LogP) is 4.85. The third-order valence-corrected chi connectivity index (χ3v) is 7.14. The molecule has 2 atom stereocenters. The molecule has 2 amide bonds. The van der Waals surface area contributed by atoms with E-state index in [4.69, 9.17) is 0 Å². The summed E-state index contributed by atoms with van der Waals surface area (Å²) in [6.45, 7) is 4.01. The fraction of sp³-hybridized carbons (Fsp3) is 0.227. The standard InChI is InChI=1S/C22H23N5O3S/c1-13(2)19(14-7-5-4-6-8-14)21(29)26-22-24-16-10-9-15(11-17(16)25-22)23-20(28)18-12-31(18,3)27-30/h4-13,19H,1-3H3,(H,23,28)(H2,24,25,26,29). The number of aromatic nitrogens is 2. The van der Waals surface area contributed by atoms with Crippen LogP contribution in [0.4, 0.5) is 11.6 Å². The van der Waals surface area contributed by atoms with Gasteiger partial charge in [0, 0.05) is 5.69 Å². The molecule has 3 aromatic rings. The van der Waals surface area contributed by atoms with Crippen LogP contribution in [0.15, 0.2) is 63.4 Å². The van der Waals surface area contributed by atoms with E-state index in [-0.39, 0.29) is 23.7 Å². The molecule has 2 heterocycles. The fourth-order valence-electron chi connectivity index (χ4n) is 3.52. The van der Waals surface area contributed by atoms with Gasteiger partial charge in [-0.3, -0.25) is 14.9 Å². The molecule has 0 fully saturated rings. The number of nitrogens with zero attached hydrogens (tertiary/aromatic N) is 2. The minimum absolute atomic E-state index is 0.110. The zero-order valence-electron chi connectivity index (χ0n) is 17.4. The van der Waals surface area contributed by atoms with Crippen LogP contribution in [0.1, 0.15) is 25.3 Å². The van der Waals surface area contributed by atoms with Gasteiger partial charge < -0.3 is 10.3 Å². The van der Waals surface area contributed by atoms with Gasteiger partial charge in [-0.25, -0.2) is 4.98 Å². The quantitative estimate of drug-likeness (QED) is 0.458. The number of fused-ring (bicyclic) bond motifs is 1. The van der Waals surface area contributed by atoms with E-state index in [0.29, 0.717) is 27.6 Å². The Balaban J connectivity index is 1.49. The highest BCUT2D eigenvalue weighted by Crippen LogP contribution is 2.68. The van der Waals surface area contributed by atoms with Gasteiger partial charge in [0.1, 0.15) is 0 Å². The summed E-state index contributed by atoms with van der Waals surface area (Å²) in [6, 6.07) is 14.9. The second kappa shape index (κ2) is 7.99. The minimum Gasteiger partial charge on any atom is -0.324 e. The van der Waals surface area contributed by atoms with Crippen molar-refractivity contribution in [2.24, 2.45) is 10.5 Å². The van der Waals surface area contributed by atoms with E-state index in [1.165, 1.54) is 0 Å². The number of nitroso groups, excluding NO2 is 1. The van der Waals surface area contributed by atoms with E-state index < -0.39 is 10.2 Å². The summed E-state index contributed by atoms with van der Waals surface area (Å²) in [5.41, 5.74) is 2.83. The lowest BCUT2D eigenvalue weighted by atomic mass is 9.88. The van der Waals surface area contributed by atoms with Crippen LogP contribution in [0.3, 0.4) is 0 Å². The van der Waals surface area contributed by atoms with Crippen molar-refractivity contribution in [2.75, 3.05) is 16.9 Å². The molecule has 0 saturated heterocycles. The number of hydrogen-bond acceptors (Lipinski definition) is 5. The van der Waals surface area contributed by atoms with Crippen molar-refractivity contribution >= 4 is 44.7 Å². The lowest BCUT2D eigenvalue weighted by Gasteiger charge is -2.19. The molecule has 0 radical (unpaired) electrons. The molecule has 1 aromatic heterocycles. The first-order chi connectivity index (χ1) is 14.8. The SMILES string of the molecule is CC(C)C(C(=O)Nc1nc2ccc(NC(=O)C3=CS3(C)N=O)cc2[nH]1)c1ccccc1. The smallest absolute Gasteiger partial charge is 0.263 e. The average molecular weight is 438 g/mol. The maximum absolute atomic E-state index is 12.9. The van der Waals surface area contributed by atoms with E-state index in [9.17, 15) is 14.5 Å². The summed E-state index contributed by atoms with van der Waals surface area (Å²) in [6.07, 6.45) is 1.67. The lowest BCUT2D eigenvalue weighted by Crippen LogP contribution is -2.25. The van der Waals surface area contributed by atoms with Gasteiger partial charge in [-0.1, -0.05) is 54.4 Å². The largest absolute Gasteiger partial charge is 0.324 e. The van der Waals surface area contributed by atoms with Gasteiger partial charge in [0.25, 0.3) is 5.91 Å². The molecule has 1 aliphatic heterocycles. The topological polar surface area (TPSA) is 116 Å². The van der Waals surface area contributed by atoms with Crippen molar-refractivity contribution in [1.29, 1.82) is 0 Å². The number of carbonyl (C=O) groups excluding carboxylic acids is 2. The van der Waals surface area contributed by atoms with Crippen LogP contribution in [-0.2, 0) is 9.59 Å². The Kier molecular flexibility index (Phi) is 5.36. The van der Waals surface area contributed by atoms with E-state index in [1.54, 1.807) is 29.9 Å². The molecule has 0 spiro atoms. The molecule has 31 heavy (non-hydrogen) atoms. The summed E-state index contributed by atoms with van der Waals surface area (Å²) in [7, 11) is -1.88. The molecular weight excluding hydrogens is 414 g/mol. The van der Waals surface area contributed by atoms with Gasteiger partial charge in [-0.05, 0) is 45.9 Å². The third-order valence-electron chi connectivity index (χ3n) is 5.19. The van der Waals surface area contributed by atoms with Crippen LogP contribution in [-0.4, -0.2) is 28.0 Å². The van der Waals surface area contributed by atoms with Gasteiger partial charge in [-0.15, -0.1) is 4.91 Å². The zero-order chi connectivity index (χ0) is 22.2. The predicted molar refractivity (Wildman–Crippen MR) is 125 cm³/mol. The molecule has 0 saturated carbocycles. The summed E-state index contributed by atoms with van der Waals surface area (Å²) in [5, 5.41) is 7.25. The number of carbonyl (C=O) groups is 2. The second-order valence-electron chi connectivity index (χ2n) is 7.89. The van der Waals surface area contributed by atoms with Crippen LogP contribution < -0.4 is 10.6 Å². The number of anilines is 2. The number of hydrogen-bond donors (Lipinski definition) is 3. The van der Waals surface area contributed by atoms with Crippen LogP contribution in [0.25, 0.3) is 11.0 Å². The first kappa shape index (κ1) is 20.8. The molecule has 3 N–H and O–H groups in total. The number of imidazole rings is 1. The van der Waals surface area contributed by atoms with Gasteiger partial charge in [0.15, 0.2) is 0 Å². The average Bonchev–Trinajstić information content (AvgIpc) is 3.27. The normalized spacial score (nSPS) is 20.5. The van der Waals surface area contributed by atoms with E-state index in [0.717, 1.165) is 5.56 Å². The molecule has 0 bridgehead atoms. The van der Waals surface area contributed by atoms with Crippen molar-refractivity contribution in [1.82, 2.24) is 9.97 Å². The summed E-state index contributed by atoms with van der Waals surface area (Å²) in [4.78, 5) is 44.0. The van der Waals surface area contributed by atoms with Crippen molar-refractivity contribution in [3.05, 3.63) is 69.3 Å². The molecule has 2 unspecified atom stereocenters. The number of nitrogens with one attached hydrogen (secondary N) is 3. The Morgan fingerprint density at radius 3 is 2.48 bits per heavy atom. The molecule has 8 nitrogen and oxygen atoms in total. The van der Waals surface area contributed by atoms with Crippen molar-refractivity contribution in [2.45, 2.75) is 19.8 Å². The lowest BCUT2D eigenvalue weighted by molar-refractivity contribution is -0.118. The number of H-pyrrole nitrogens is 1. The molecule has 1 aliphatic rings. The van der Waals surface area contributed by atoms with Gasteiger partial charge in [-0.2, -0.15) is 0 Å². The second-order valence-corrected chi connectivity index (χ2v) is 10.6. The molecule has 9 heteroatoms. The third kappa shape index (κ3) is 4.22. The van der Waals surface area contributed by atoms with Crippen molar-refractivity contribution in [3.63, 3.8) is 0 Å². The maximum Gasteiger partial charge on any atom is 0.263 e.